The van der Waals surface area contributed by atoms with E-state index in [2.05, 4.69) is 0 Å². The zero-order valence-electron chi connectivity index (χ0n) is 11.2. The van der Waals surface area contributed by atoms with Crippen LogP contribution < -0.4 is 9.47 Å². The second-order valence-corrected chi connectivity index (χ2v) is 4.45. The van der Waals surface area contributed by atoms with Gasteiger partial charge in [-0.15, -0.1) is 0 Å². The summed E-state index contributed by atoms with van der Waals surface area (Å²) >= 11 is 0. The third kappa shape index (κ3) is 2.87. The summed E-state index contributed by atoms with van der Waals surface area (Å²) in [5.41, 5.74) is -3.27. The van der Waals surface area contributed by atoms with Gasteiger partial charge in [-0.2, -0.15) is 0 Å². The number of hydrogen-bond donors (Lipinski definition) is 0. The average Bonchev–Trinajstić information content (AvgIpc) is 2.55. The summed E-state index contributed by atoms with van der Waals surface area (Å²) in [5, 5.41) is 33.3. The number of nitro groups is 3. The van der Waals surface area contributed by atoms with Crippen LogP contribution in [0.4, 0.5) is 17.1 Å². The van der Waals surface area contributed by atoms with Gasteiger partial charge in [0, 0.05) is 0 Å². The van der Waals surface area contributed by atoms with Gasteiger partial charge in [0.2, 0.25) is 5.75 Å². The molecular weight excluding hydrogens is 302 g/mol. The van der Waals surface area contributed by atoms with E-state index in [1.807, 2.05) is 0 Å². The van der Waals surface area contributed by atoms with Gasteiger partial charge in [0.05, 0.1) is 34.1 Å². The summed E-state index contributed by atoms with van der Waals surface area (Å²) in [6.45, 7) is 0.286. The van der Waals surface area contributed by atoms with Crippen molar-refractivity contribution in [2.24, 2.45) is 0 Å². The molecule has 0 aromatic heterocycles. The minimum absolute atomic E-state index is 0.103. The van der Waals surface area contributed by atoms with Gasteiger partial charge in [-0.1, -0.05) is 0 Å². The molecular formula is C11H11N3O8. The first-order valence-corrected chi connectivity index (χ1v) is 6.33. The standard InChI is InChI=1S/C11H11N3O8/c15-12(16)7-6-8-11(22-5-3-1-2-4-21-8)10(14(19)20)9(7)13(17)18/h6H,1-5H2. The molecule has 22 heavy (non-hydrogen) atoms. The molecule has 1 aliphatic rings. The predicted molar refractivity (Wildman–Crippen MR) is 71.2 cm³/mol. The van der Waals surface area contributed by atoms with Crippen LogP contribution in [-0.4, -0.2) is 28.0 Å². The summed E-state index contributed by atoms with van der Waals surface area (Å²) < 4.78 is 10.5. The highest BCUT2D eigenvalue weighted by atomic mass is 16.7. The third-order valence-electron chi connectivity index (χ3n) is 3.03. The summed E-state index contributed by atoms with van der Waals surface area (Å²) in [4.78, 5) is 30.0. The number of nitrogens with zero attached hydrogens (tertiary/aromatic N) is 3. The van der Waals surface area contributed by atoms with Crippen molar-refractivity contribution >= 4 is 17.1 Å². The maximum atomic E-state index is 11.2. The largest absolute Gasteiger partial charge is 0.489 e. The van der Waals surface area contributed by atoms with Crippen LogP contribution >= 0.6 is 0 Å². The first kappa shape index (κ1) is 15.4. The van der Waals surface area contributed by atoms with Gasteiger partial charge in [0.15, 0.2) is 5.75 Å². The first-order valence-electron chi connectivity index (χ1n) is 6.33. The number of hydrogen-bond acceptors (Lipinski definition) is 8. The van der Waals surface area contributed by atoms with Crippen molar-refractivity contribution in [2.45, 2.75) is 19.3 Å². The summed E-state index contributed by atoms with van der Waals surface area (Å²) in [7, 11) is 0. The van der Waals surface area contributed by atoms with Crippen molar-refractivity contribution in [1.82, 2.24) is 0 Å². The van der Waals surface area contributed by atoms with Gasteiger partial charge in [-0.05, 0) is 19.3 Å². The van der Waals surface area contributed by atoms with Crippen molar-refractivity contribution in [1.29, 1.82) is 0 Å². The second kappa shape index (κ2) is 6.20. The van der Waals surface area contributed by atoms with Gasteiger partial charge in [0.1, 0.15) is 0 Å². The van der Waals surface area contributed by atoms with Crippen LogP contribution in [0.3, 0.4) is 0 Å². The van der Waals surface area contributed by atoms with Crippen LogP contribution in [-0.2, 0) is 0 Å². The molecule has 118 valence electrons. The minimum atomic E-state index is -1.21. The van der Waals surface area contributed by atoms with Crippen LogP contribution in [0.15, 0.2) is 6.07 Å². The molecule has 0 bridgehead atoms. The lowest BCUT2D eigenvalue weighted by Crippen LogP contribution is -2.07. The molecule has 1 aromatic rings. The molecule has 0 saturated carbocycles. The molecule has 0 radical (unpaired) electrons. The normalized spacial score (nSPS) is 14.4. The monoisotopic (exact) mass is 313 g/mol. The molecule has 0 N–H and O–H groups in total. The molecule has 2 rings (SSSR count). The highest BCUT2D eigenvalue weighted by Gasteiger charge is 2.42. The molecule has 0 aliphatic carbocycles. The fourth-order valence-corrected chi connectivity index (χ4v) is 2.08. The molecule has 1 heterocycles. The minimum Gasteiger partial charge on any atom is -0.489 e. The smallest absolute Gasteiger partial charge is 0.426 e. The van der Waals surface area contributed by atoms with Crippen LogP contribution in [0.25, 0.3) is 0 Å². The quantitative estimate of drug-likeness (QED) is 0.609. The van der Waals surface area contributed by atoms with E-state index in [1.54, 1.807) is 0 Å². The Kier molecular flexibility index (Phi) is 4.34. The lowest BCUT2D eigenvalue weighted by Gasteiger charge is -2.10. The second-order valence-electron chi connectivity index (χ2n) is 4.45. The molecule has 11 nitrogen and oxygen atoms in total. The number of nitro benzene ring substituents is 3. The van der Waals surface area contributed by atoms with Crippen molar-refractivity contribution < 1.29 is 24.2 Å². The van der Waals surface area contributed by atoms with Crippen LogP contribution in [0.5, 0.6) is 11.5 Å². The van der Waals surface area contributed by atoms with Gasteiger partial charge in [-0.3, -0.25) is 30.3 Å². The van der Waals surface area contributed by atoms with Crippen molar-refractivity contribution in [2.75, 3.05) is 13.2 Å². The molecule has 0 spiro atoms. The van der Waals surface area contributed by atoms with Crippen molar-refractivity contribution in [3.05, 3.63) is 36.4 Å². The first-order chi connectivity index (χ1) is 10.4. The lowest BCUT2D eigenvalue weighted by molar-refractivity contribution is -0.441. The molecule has 0 atom stereocenters. The molecule has 11 heteroatoms. The highest BCUT2D eigenvalue weighted by molar-refractivity contribution is 5.76. The van der Waals surface area contributed by atoms with Gasteiger partial charge in [-0.25, -0.2) is 0 Å². The Labute approximate surface area is 122 Å². The summed E-state index contributed by atoms with van der Waals surface area (Å²) in [6.07, 6.45) is 1.97. The molecule has 1 aliphatic heterocycles. The van der Waals surface area contributed by atoms with E-state index >= 15 is 0 Å². The SMILES string of the molecule is O=[N+]([O-])c1cc2c(c([N+](=O)[O-])c1[N+](=O)[O-])OCCCCCO2. The Hall–Kier alpha value is -2.98. The van der Waals surface area contributed by atoms with Crippen LogP contribution in [0.2, 0.25) is 0 Å². The Bertz CT molecular complexity index is 645. The van der Waals surface area contributed by atoms with E-state index in [4.69, 9.17) is 9.47 Å². The van der Waals surface area contributed by atoms with E-state index < -0.39 is 37.6 Å². The zero-order chi connectivity index (χ0) is 16.3. The van der Waals surface area contributed by atoms with Crippen LogP contribution in [0.1, 0.15) is 19.3 Å². The van der Waals surface area contributed by atoms with Gasteiger partial charge in [0.25, 0.3) is 0 Å². The van der Waals surface area contributed by atoms with E-state index in [0.29, 0.717) is 12.8 Å². The summed E-state index contributed by atoms with van der Waals surface area (Å²) in [6, 6.07) is 0.797. The van der Waals surface area contributed by atoms with E-state index in [9.17, 15) is 30.3 Å². The van der Waals surface area contributed by atoms with E-state index in [0.717, 1.165) is 12.5 Å². The van der Waals surface area contributed by atoms with E-state index in [1.165, 1.54) is 0 Å². The average molecular weight is 313 g/mol. The summed E-state index contributed by atoms with van der Waals surface area (Å²) in [5.74, 6) is -0.671. The van der Waals surface area contributed by atoms with Gasteiger partial charge < -0.3 is 9.47 Å². The number of rotatable bonds is 3. The molecule has 0 unspecified atom stereocenters. The van der Waals surface area contributed by atoms with Crippen molar-refractivity contribution in [3.8, 4) is 11.5 Å². The Morgan fingerprint density at radius 3 is 1.95 bits per heavy atom. The number of fused-ring (bicyclic) bond motifs is 1. The molecule has 0 amide bonds. The Morgan fingerprint density at radius 1 is 0.818 bits per heavy atom. The molecule has 1 aromatic carbocycles. The van der Waals surface area contributed by atoms with Crippen molar-refractivity contribution in [3.63, 3.8) is 0 Å². The maximum Gasteiger partial charge on any atom is 0.426 e. The molecule has 0 saturated heterocycles. The Balaban J connectivity index is 2.76. The zero-order valence-corrected chi connectivity index (χ0v) is 11.2. The predicted octanol–water partition coefficient (Wildman–Crippen LogP) is 2.35. The number of benzene rings is 1. The molecule has 0 fully saturated rings. The highest BCUT2D eigenvalue weighted by Crippen LogP contribution is 2.49. The fraction of sp³-hybridized carbons (Fsp3) is 0.455. The third-order valence-corrected chi connectivity index (χ3v) is 3.03. The topological polar surface area (TPSA) is 148 Å². The fourth-order valence-electron chi connectivity index (χ4n) is 2.08. The lowest BCUT2D eigenvalue weighted by atomic mass is 10.2. The van der Waals surface area contributed by atoms with E-state index in [-0.39, 0.29) is 19.0 Å². The Morgan fingerprint density at radius 2 is 1.41 bits per heavy atom. The number of ether oxygens (including phenoxy) is 2. The van der Waals surface area contributed by atoms with Gasteiger partial charge >= 0.3 is 17.1 Å². The van der Waals surface area contributed by atoms with Crippen LogP contribution in [0, 0.1) is 30.3 Å². The maximum absolute atomic E-state index is 11.2.